The van der Waals surface area contributed by atoms with Crippen molar-refractivity contribution >= 4 is 11.9 Å². The maximum Gasteiger partial charge on any atom is 0.0441 e. The Labute approximate surface area is 160 Å². The van der Waals surface area contributed by atoms with E-state index >= 15 is 0 Å². The Balaban J connectivity index is 0.00000140. The zero-order valence-electron chi connectivity index (χ0n) is 16.0. The summed E-state index contributed by atoms with van der Waals surface area (Å²) in [5.41, 5.74) is 7.97. The van der Waals surface area contributed by atoms with Gasteiger partial charge in [-0.25, -0.2) is 0 Å². The number of aryl methyl sites for hydroxylation is 1. The third-order valence-electron chi connectivity index (χ3n) is 6.07. The Kier molecular flexibility index (Phi) is 4.67. The summed E-state index contributed by atoms with van der Waals surface area (Å²) < 4.78 is 0. The fraction of sp³-hybridized carbons (Fsp3) is 0.375. The maximum absolute atomic E-state index is 4.91. The number of benzene rings is 2. The lowest BCUT2D eigenvalue weighted by molar-refractivity contribution is 0.759. The summed E-state index contributed by atoms with van der Waals surface area (Å²) in [6, 6.07) is 15.5. The van der Waals surface area contributed by atoms with Gasteiger partial charge in [-0.05, 0) is 79.3 Å². The smallest absolute Gasteiger partial charge is 0.0441 e. The SMILES string of the molecule is CNc1ccc(CC(C2=CC3CC3CC=N2)c2cccc(C)c2C)cc1.[HH].[HH]. The van der Waals surface area contributed by atoms with E-state index in [2.05, 4.69) is 73.9 Å². The van der Waals surface area contributed by atoms with E-state index in [1.165, 1.54) is 34.4 Å². The van der Waals surface area contributed by atoms with Crippen LogP contribution in [0.2, 0.25) is 0 Å². The van der Waals surface area contributed by atoms with Crippen LogP contribution in [-0.2, 0) is 6.42 Å². The topological polar surface area (TPSA) is 24.4 Å². The first-order chi connectivity index (χ1) is 12.7. The first-order valence-corrected chi connectivity index (χ1v) is 9.72. The molecule has 2 aromatic rings. The third kappa shape index (κ3) is 3.46. The minimum atomic E-state index is 0. The van der Waals surface area contributed by atoms with Crippen LogP contribution in [-0.4, -0.2) is 13.3 Å². The summed E-state index contributed by atoms with van der Waals surface area (Å²) in [5.74, 6) is 1.91. The molecule has 1 aliphatic heterocycles. The highest BCUT2D eigenvalue weighted by atomic mass is 14.8. The van der Waals surface area contributed by atoms with Crippen LogP contribution >= 0.6 is 0 Å². The summed E-state index contributed by atoms with van der Waals surface area (Å²) in [6.07, 6.45) is 8.09. The number of fused-ring (bicyclic) bond motifs is 1. The van der Waals surface area contributed by atoms with Crippen LogP contribution in [0.1, 0.15) is 43.9 Å². The highest BCUT2D eigenvalue weighted by Crippen LogP contribution is 2.46. The average molecular weight is 349 g/mol. The van der Waals surface area contributed by atoms with Crippen LogP contribution < -0.4 is 5.32 Å². The molecule has 4 rings (SSSR count). The summed E-state index contributed by atoms with van der Waals surface area (Å²) in [6.45, 7) is 4.46. The van der Waals surface area contributed by atoms with E-state index in [1.807, 2.05) is 7.05 Å². The molecular weight excluding hydrogens is 316 g/mol. The van der Waals surface area contributed by atoms with Crippen molar-refractivity contribution in [1.29, 1.82) is 0 Å². The minimum absolute atomic E-state index is 0. The summed E-state index contributed by atoms with van der Waals surface area (Å²) in [5, 5.41) is 3.20. The van der Waals surface area contributed by atoms with E-state index in [1.54, 1.807) is 0 Å². The van der Waals surface area contributed by atoms with Crippen LogP contribution in [0.15, 0.2) is 59.2 Å². The number of anilines is 1. The normalized spacial score (nSPS) is 22.2. The predicted octanol–water partition coefficient (Wildman–Crippen LogP) is 6.16. The van der Waals surface area contributed by atoms with E-state index < -0.39 is 0 Å². The molecule has 2 heteroatoms. The number of nitrogens with one attached hydrogen (secondary N) is 1. The molecule has 138 valence electrons. The van der Waals surface area contributed by atoms with Gasteiger partial charge in [-0.2, -0.15) is 0 Å². The molecule has 0 radical (unpaired) electrons. The Bertz CT molecular complexity index is 855. The van der Waals surface area contributed by atoms with Crippen LogP contribution in [0.3, 0.4) is 0 Å². The standard InChI is InChI=1S/C24H28N2.2H2/c1-16-5-4-6-22(17(16)2)23(13-18-7-9-21(25-3)10-8-18)24-15-20-14-19(20)11-12-26-24;;/h4-10,12,15,19-20,23,25H,11,13-14H2,1-3H3;2*1H. The molecule has 2 nitrogen and oxygen atoms in total. The van der Waals surface area contributed by atoms with Crippen LogP contribution in [0.5, 0.6) is 0 Å². The fourth-order valence-electron chi connectivity index (χ4n) is 4.08. The number of hydrogen-bond acceptors (Lipinski definition) is 2. The molecule has 26 heavy (non-hydrogen) atoms. The van der Waals surface area contributed by atoms with E-state index in [-0.39, 0.29) is 2.85 Å². The number of nitrogens with zero attached hydrogens (tertiary/aromatic N) is 1. The van der Waals surface area contributed by atoms with E-state index in [0.29, 0.717) is 5.92 Å². The Morgan fingerprint density at radius 1 is 1.15 bits per heavy atom. The molecule has 3 unspecified atom stereocenters. The van der Waals surface area contributed by atoms with Gasteiger partial charge >= 0.3 is 0 Å². The van der Waals surface area contributed by atoms with E-state index in [4.69, 9.17) is 4.99 Å². The number of allylic oxidation sites excluding steroid dienone is 2. The quantitative estimate of drug-likeness (QED) is 0.687. The van der Waals surface area contributed by atoms with Gasteiger partial charge < -0.3 is 5.32 Å². The number of rotatable bonds is 5. The molecule has 0 spiro atoms. The van der Waals surface area contributed by atoms with Crippen molar-refractivity contribution in [2.45, 2.75) is 39.0 Å². The molecule has 3 atom stereocenters. The largest absolute Gasteiger partial charge is 0.388 e. The molecule has 1 heterocycles. The lowest BCUT2D eigenvalue weighted by atomic mass is 9.85. The van der Waals surface area contributed by atoms with Crippen molar-refractivity contribution in [1.82, 2.24) is 0 Å². The van der Waals surface area contributed by atoms with Gasteiger partial charge in [0.15, 0.2) is 0 Å². The van der Waals surface area contributed by atoms with Gasteiger partial charge in [0, 0.05) is 33.4 Å². The Hall–Kier alpha value is -2.35. The lowest BCUT2D eigenvalue weighted by Crippen LogP contribution is -2.09. The molecule has 1 fully saturated rings. The van der Waals surface area contributed by atoms with Gasteiger partial charge in [-0.1, -0.05) is 36.4 Å². The summed E-state index contributed by atoms with van der Waals surface area (Å²) in [7, 11) is 1.96. The summed E-state index contributed by atoms with van der Waals surface area (Å²) in [4.78, 5) is 4.91. The molecule has 0 saturated heterocycles. The van der Waals surface area contributed by atoms with E-state index in [9.17, 15) is 0 Å². The molecule has 1 aliphatic carbocycles. The van der Waals surface area contributed by atoms with Crippen molar-refractivity contribution < 1.29 is 2.85 Å². The van der Waals surface area contributed by atoms with Crippen LogP contribution in [0.4, 0.5) is 5.69 Å². The molecule has 2 aromatic carbocycles. The molecule has 1 N–H and O–H groups in total. The zero-order valence-corrected chi connectivity index (χ0v) is 16.0. The maximum atomic E-state index is 4.91. The molecule has 0 bridgehead atoms. The highest BCUT2D eigenvalue weighted by molar-refractivity contribution is 5.62. The van der Waals surface area contributed by atoms with Gasteiger partial charge in [0.05, 0.1) is 0 Å². The van der Waals surface area contributed by atoms with Gasteiger partial charge in [0.25, 0.3) is 0 Å². The van der Waals surface area contributed by atoms with Crippen molar-refractivity contribution in [3.05, 3.63) is 76.5 Å². The van der Waals surface area contributed by atoms with E-state index in [0.717, 1.165) is 30.4 Å². The number of aliphatic imine (C=N–C) groups is 1. The van der Waals surface area contributed by atoms with Crippen molar-refractivity contribution in [2.75, 3.05) is 12.4 Å². The number of hydrogen-bond donors (Lipinski definition) is 1. The van der Waals surface area contributed by atoms with Crippen molar-refractivity contribution in [3.8, 4) is 0 Å². The Morgan fingerprint density at radius 3 is 2.73 bits per heavy atom. The predicted molar refractivity (Wildman–Crippen MR) is 115 cm³/mol. The first kappa shape index (κ1) is 17.1. The second-order valence-electron chi connectivity index (χ2n) is 7.79. The van der Waals surface area contributed by atoms with Crippen molar-refractivity contribution in [2.24, 2.45) is 16.8 Å². The molecular formula is C24H32N2. The van der Waals surface area contributed by atoms with Crippen LogP contribution in [0, 0.1) is 25.7 Å². The molecule has 0 aromatic heterocycles. The minimum Gasteiger partial charge on any atom is -0.388 e. The van der Waals surface area contributed by atoms with Crippen molar-refractivity contribution in [3.63, 3.8) is 0 Å². The third-order valence-corrected chi connectivity index (χ3v) is 6.07. The lowest BCUT2D eigenvalue weighted by Gasteiger charge is -2.22. The fourth-order valence-corrected chi connectivity index (χ4v) is 4.08. The first-order valence-electron chi connectivity index (χ1n) is 9.72. The average Bonchev–Trinajstić information content (AvgIpc) is 3.41. The molecule has 2 aliphatic rings. The summed E-state index contributed by atoms with van der Waals surface area (Å²) >= 11 is 0. The van der Waals surface area contributed by atoms with Crippen LogP contribution in [0.25, 0.3) is 0 Å². The zero-order chi connectivity index (χ0) is 18.1. The van der Waals surface area contributed by atoms with Gasteiger partial charge in [-0.15, -0.1) is 0 Å². The molecule has 1 saturated carbocycles. The second-order valence-corrected chi connectivity index (χ2v) is 7.79. The highest BCUT2D eigenvalue weighted by Gasteiger charge is 2.36. The monoisotopic (exact) mass is 348 g/mol. The van der Waals surface area contributed by atoms with Gasteiger partial charge in [-0.3, -0.25) is 4.99 Å². The molecule has 0 amide bonds. The van der Waals surface area contributed by atoms with Gasteiger partial charge in [0.2, 0.25) is 0 Å². The Morgan fingerprint density at radius 2 is 1.96 bits per heavy atom. The van der Waals surface area contributed by atoms with Gasteiger partial charge in [0.1, 0.15) is 0 Å². The second kappa shape index (κ2) is 7.11.